The van der Waals surface area contributed by atoms with Crippen molar-refractivity contribution < 1.29 is 0 Å². The molecule has 1 atom stereocenters. The zero-order valence-corrected chi connectivity index (χ0v) is 13.0. The van der Waals surface area contributed by atoms with Crippen molar-refractivity contribution in [1.82, 2.24) is 19.7 Å². The highest BCUT2D eigenvalue weighted by Crippen LogP contribution is 2.21. The van der Waals surface area contributed by atoms with E-state index in [9.17, 15) is 0 Å². The average Bonchev–Trinajstić information content (AvgIpc) is 2.80. The van der Waals surface area contributed by atoms with E-state index in [-0.39, 0.29) is 0 Å². The molecule has 0 aliphatic carbocycles. The van der Waals surface area contributed by atoms with Crippen LogP contribution >= 0.6 is 0 Å². The molecule has 3 rings (SSSR count). The predicted molar refractivity (Wildman–Crippen MR) is 84.0 cm³/mol. The third-order valence-corrected chi connectivity index (χ3v) is 4.34. The van der Waals surface area contributed by atoms with Gasteiger partial charge in [0, 0.05) is 30.7 Å². The van der Waals surface area contributed by atoms with Crippen molar-refractivity contribution in [3.63, 3.8) is 0 Å². The Kier molecular flexibility index (Phi) is 4.34. The van der Waals surface area contributed by atoms with Crippen molar-refractivity contribution in [3.05, 3.63) is 47.5 Å². The van der Waals surface area contributed by atoms with Gasteiger partial charge >= 0.3 is 0 Å². The van der Waals surface area contributed by atoms with E-state index in [1.54, 1.807) is 0 Å². The first-order valence-corrected chi connectivity index (χ1v) is 7.86. The van der Waals surface area contributed by atoms with Gasteiger partial charge in [-0.25, -0.2) is 0 Å². The minimum atomic E-state index is 0.581. The molecule has 1 saturated heterocycles. The molecule has 3 heterocycles. The van der Waals surface area contributed by atoms with Gasteiger partial charge < -0.3 is 0 Å². The van der Waals surface area contributed by atoms with Crippen LogP contribution in [0.1, 0.15) is 36.2 Å². The number of hydrogen-bond acceptors (Lipinski definition) is 3. The maximum atomic E-state index is 4.62. The number of rotatable bonds is 4. The smallest absolute Gasteiger partial charge is 0.0596 e. The van der Waals surface area contributed by atoms with Crippen LogP contribution in [0.25, 0.3) is 0 Å². The normalized spacial score (nSPS) is 19.8. The molecule has 0 aromatic carbocycles. The van der Waals surface area contributed by atoms with Crippen LogP contribution in [0.5, 0.6) is 0 Å². The summed E-state index contributed by atoms with van der Waals surface area (Å²) in [6.45, 7) is 7.39. The van der Waals surface area contributed by atoms with Gasteiger partial charge in [-0.05, 0) is 50.9 Å². The number of aryl methyl sites for hydroxylation is 2. The van der Waals surface area contributed by atoms with Crippen LogP contribution in [0.3, 0.4) is 0 Å². The first-order valence-electron chi connectivity index (χ1n) is 7.86. The Labute approximate surface area is 126 Å². The number of pyridine rings is 1. The Balaban J connectivity index is 1.71. The fourth-order valence-corrected chi connectivity index (χ4v) is 3.26. The van der Waals surface area contributed by atoms with Crippen LogP contribution in [0.2, 0.25) is 0 Å². The van der Waals surface area contributed by atoms with E-state index >= 15 is 0 Å². The molecule has 0 bridgehead atoms. The van der Waals surface area contributed by atoms with E-state index in [0.29, 0.717) is 6.04 Å². The van der Waals surface area contributed by atoms with E-state index in [2.05, 4.69) is 45.6 Å². The number of likely N-dealkylation sites (tertiary alicyclic amines) is 1. The summed E-state index contributed by atoms with van der Waals surface area (Å²) in [6, 6.07) is 6.93. The topological polar surface area (TPSA) is 34.0 Å². The van der Waals surface area contributed by atoms with Crippen LogP contribution < -0.4 is 0 Å². The van der Waals surface area contributed by atoms with E-state index < -0.39 is 0 Å². The fourth-order valence-electron chi connectivity index (χ4n) is 3.26. The molecule has 0 amide bonds. The van der Waals surface area contributed by atoms with E-state index in [4.69, 9.17) is 0 Å². The van der Waals surface area contributed by atoms with Gasteiger partial charge in [0.1, 0.15) is 0 Å². The number of aromatic nitrogens is 3. The lowest BCUT2D eigenvalue weighted by Crippen LogP contribution is -2.41. The first kappa shape index (κ1) is 14.3. The molecule has 0 unspecified atom stereocenters. The van der Waals surface area contributed by atoms with Gasteiger partial charge in [0.2, 0.25) is 0 Å². The Hall–Kier alpha value is -1.68. The summed E-state index contributed by atoms with van der Waals surface area (Å²) in [7, 11) is 0. The summed E-state index contributed by atoms with van der Waals surface area (Å²) in [6.07, 6.45) is 7.71. The highest BCUT2D eigenvalue weighted by Gasteiger charge is 2.23. The summed E-state index contributed by atoms with van der Waals surface area (Å²) >= 11 is 0. The molecule has 1 aliphatic rings. The van der Waals surface area contributed by atoms with Gasteiger partial charge in [0.25, 0.3) is 0 Å². The molecule has 0 N–H and O–H groups in total. The molecule has 0 spiro atoms. The number of piperidine rings is 1. The Morgan fingerprint density at radius 1 is 1.29 bits per heavy atom. The zero-order valence-electron chi connectivity index (χ0n) is 13.0. The van der Waals surface area contributed by atoms with Gasteiger partial charge in [0.15, 0.2) is 0 Å². The third kappa shape index (κ3) is 3.50. The first-order chi connectivity index (χ1) is 10.2. The molecular formula is C17H24N4. The SMILES string of the molecule is Cc1cc(C)n(C[C@@H]2CCCCN2Cc2cccnc2)n1. The average molecular weight is 284 g/mol. The maximum absolute atomic E-state index is 4.62. The predicted octanol–water partition coefficient (Wildman–Crippen LogP) is 2.95. The van der Waals surface area contributed by atoms with Gasteiger partial charge in [-0.3, -0.25) is 14.6 Å². The van der Waals surface area contributed by atoms with Gasteiger partial charge in [-0.15, -0.1) is 0 Å². The largest absolute Gasteiger partial charge is 0.294 e. The summed E-state index contributed by atoms with van der Waals surface area (Å²) in [5.41, 5.74) is 3.68. The molecule has 21 heavy (non-hydrogen) atoms. The molecule has 0 radical (unpaired) electrons. The maximum Gasteiger partial charge on any atom is 0.0596 e. The second-order valence-electron chi connectivity index (χ2n) is 6.09. The minimum Gasteiger partial charge on any atom is -0.294 e. The molecule has 1 aliphatic heterocycles. The Morgan fingerprint density at radius 3 is 2.90 bits per heavy atom. The van der Waals surface area contributed by atoms with Gasteiger partial charge in [0.05, 0.1) is 12.2 Å². The highest BCUT2D eigenvalue weighted by molar-refractivity contribution is 5.09. The summed E-state index contributed by atoms with van der Waals surface area (Å²) in [5.74, 6) is 0. The summed E-state index contributed by atoms with van der Waals surface area (Å²) < 4.78 is 2.17. The lowest BCUT2D eigenvalue weighted by molar-refractivity contribution is 0.121. The quantitative estimate of drug-likeness (QED) is 0.865. The van der Waals surface area contributed by atoms with Crippen molar-refractivity contribution in [1.29, 1.82) is 0 Å². The lowest BCUT2D eigenvalue weighted by Gasteiger charge is -2.35. The van der Waals surface area contributed by atoms with Crippen molar-refractivity contribution >= 4 is 0 Å². The molecule has 2 aromatic rings. The van der Waals surface area contributed by atoms with Crippen LogP contribution in [0.4, 0.5) is 0 Å². The van der Waals surface area contributed by atoms with Gasteiger partial charge in [-0.1, -0.05) is 12.5 Å². The lowest BCUT2D eigenvalue weighted by atomic mass is 10.0. The summed E-state index contributed by atoms with van der Waals surface area (Å²) in [4.78, 5) is 6.83. The van der Waals surface area contributed by atoms with Crippen molar-refractivity contribution in [2.45, 2.75) is 52.2 Å². The molecule has 4 heteroatoms. The number of hydrogen-bond donors (Lipinski definition) is 0. The second kappa shape index (κ2) is 6.39. The Morgan fingerprint density at radius 2 is 2.19 bits per heavy atom. The number of nitrogens with zero attached hydrogens (tertiary/aromatic N) is 4. The second-order valence-corrected chi connectivity index (χ2v) is 6.09. The highest BCUT2D eigenvalue weighted by atomic mass is 15.3. The van der Waals surface area contributed by atoms with Crippen molar-refractivity contribution in [2.24, 2.45) is 0 Å². The van der Waals surface area contributed by atoms with Crippen molar-refractivity contribution in [3.8, 4) is 0 Å². The fraction of sp³-hybridized carbons (Fsp3) is 0.529. The Bertz CT molecular complexity index is 576. The van der Waals surface area contributed by atoms with Crippen LogP contribution in [0, 0.1) is 13.8 Å². The van der Waals surface area contributed by atoms with Crippen LogP contribution in [-0.2, 0) is 13.1 Å². The third-order valence-electron chi connectivity index (χ3n) is 4.34. The van der Waals surface area contributed by atoms with Crippen LogP contribution in [-0.4, -0.2) is 32.3 Å². The molecule has 4 nitrogen and oxygen atoms in total. The minimum absolute atomic E-state index is 0.581. The van der Waals surface area contributed by atoms with Crippen LogP contribution in [0.15, 0.2) is 30.6 Å². The van der Waals surface area contributed by atoms with Gasteiger partial charge in [-0.2, -0.15) is 5.10 Å². The summed E-state index contributed by atoms with van der Waals surface area (Å²) in [5, 5.41) is 4.62. The van der Waals surface area contributed by atoms with E-state index in [1.807, 2.05) is 18.5 Å². The standard InChI is InChI=1S/C17H24N4/c1-14-10-15(2)21(19-14)13-17-7-3-4-9-20(17)12-16-6-5-8-18-11-16/h5-6,8,10-11,17H,3-4,7,9,12-13H2,1-2H3/t17-/m0/s1. The molecule has 2 aromatic heterocycles. The monoisotopic (exact) mass is 284 g/mol. The van der Waals surface area contributed by atoms with E-state index in [1.165, 1.54) is 37.1 Å². The zero-order chi connectivity index (χ0) is 14.7. The van der Waals surface area contributed by atoms with E-state index in [0.717, 1.165) is 18.8 Å². The molecule has 0 saturated carbocycles. The van der Waals surface area contributed by atoms with Crippen molar-refractivity contribution in [2.75, 3.05) is 6.54 Å². The molecule has 112 valence electrons. The molecular weight excluding hydrogens is 260 g/mol. The molecule has 1 fully saturated rings.